The van der Waals surface area contributed by atoms with Gasteiger partial charge in [-0.05, 0) is 35.6 Å². The highest BCUT2D eigenvalue weighted by Crippen LogP contribution is 2.41. The molecular formula is C14H14OS. The fourth-order valence-corrected chi connectivity index (χ4v) is 3.52. The third-order valence-electron chi connectivity index (χ3n) is 3.19. The number of aliphatic hydroxyl groups is 1. The van der Waals surface area contributed by atoms with E-state index in [-0.39, 0.29) is 0 Å². The molecule has 1 aliphatic heterocycles. The summed E-state index contributed by atoms with van der Waals surface area (Å²) in [6.45, 7) is 0. The molecule has 1 unspecified atom stereocenters. The van der Waals surface area contributed by atoms with Gasteiger partial charge in [-0.3, -0.25) is 0 Å². The zero-order chi connectivity index (χ0) is 11.0. The highest BCUT2D eigenvalue weighted by Gasteiger charge is 2.25. The summed E-state index contributed by atoms with van der Waals surface area (Å²) in [5.41, 5.74) is 3.80. The first-order valence-electron chi connectivity index (χ1n) is 5.65. The van der Waals surface area contributed by atoms with Gasteiger partial charge < -0.3 is 5.11 Å². The van der Waals surface area contributed by atoms with Gasteiger partial charge in [0.15, 0.2) is 0 Å². The molecule has 0 aromatic carbocycles. The third-order valence-corrected chi connectivity index (χ3v) is 4.29. The molecule has 0 aromatic heterocycles. The van der Waals surface area contributed by atoms with Crippen LogP contribution < -0.4 is 0 Å². The monoisotopic (exact) mass is 230 g/mol. The first-order valence-corrected chi connectivity index (χ1v) is 6.63. The van der Waals surface area contributed by atoms with E-state index in [2.05, 4.69) is 24.3 Å². The van der Waals surface area contributed by atoms with E-state index in [9.17, 15) is 5.11 Å². The van der Waals surface area contributed by atoms with Crippen LogP contribution in [0.15, 0.2) is 58.1 Å². The number of hydrogen-bond acceptors (Lipinski definition) is 2. The lowest BCUT2D eigenvalue weighted by Gasteiger charge is -2.21. The van der Waals surface area contributed by atoms with Crippen LogP contribution in [0.2, 0.25) is 0 Å². The maximum absolute atomic E-state index is 10.1. The van der Waals surface area contributed by atoms with E-state index >= 15 is 0 Å². The van der Waals surface area contributed by atoms with E-state index < -0.39 is 6.10 Å². The topological polar surface area (TPSA) is 20.2 Å². The summed E-state index contributed by atoms with van der Waals surface area (Å²) in [7, 11) is 0. The molecule has 2 aliphatic carbocycles. The Bertz CT molecular complexity index is 463. The summed E-state index contributed by atoms with van der Waals surface area (Å²) < 4.78 is 0. The van der Waals surface area contributed by atoms with Crippen LogP contribution in [0.4, 0.5) is 0 Å². The van der Waals surface area contributed by atoms with Crippen molar-refractivity contribution in [2.24, 2.45) is 0 Å². The lowest BCUT2D eigenvalue weighted by Crippen LogP contribution is -2.14. The normalized spacial score (nSPS) is 27.9. The molecule has 82 valence electrons. The molecule has 3 aliphatic rings. The van der Waals surface area contributed by atoms with Gasteiger partial charge in [0.25, 0.3) is 0 Å². The molecule has 0 radical (unpaired) electrons. The van der Waals surface area contributed by atoms with Crippen molar-refractivity contribution >= 4 is 11.8 Å². The predicted octanol–water partition coefficient (Wildman–Crippen LogP) is 3.12. The smallest absolute Gasteiger partial charge is 0.0980 e. The maximum Gasteiger partial charge on any atom is 0.0980 e. The van der Waals surface area contributed by atoms with Crippen LogP contribution in [0.25, 0.3) is 0 Å². The SMILES string of the molecule is OC1C=CC=C2CCSC3=CC=CCC3=C21. The molecule has 2 heteroatoms. The lowest BCUT2D eigenvalue weighted by atomic mass is 9.87. The number of aliphatic hydroxyl groups excluding tert-OH is 1. The Kier molecular flexibility index (Phi) is 2.62. The second kappa shape index (κ2) is 4.11. The first-order chi connectivity index (χ1) is 7.86. The molecular weight excluding hydrogens is 216 g/mol. The molecule has 0 saturated carbocycles. The highest BCUT2D eigenvalue weighted by molar-refractivity contribution is 8.03. The van der Waals surface area contributed by atoms with Crippen molar-refractivity contribution in [3.05, 3.63) is 58.1 Å². The van der Waals surface area contributed by atoms with Crippen molar-refractivity contribution in [1.82, 2.24) is 0 Å². The van der Waals surface area contributed by atoms with Crippen molar-refractivity contribution in [3.8, 4) is 0 Å². The van der Waals surface area contributed by atoms with E-state index in [1.165, 1.54) is 16.1 Å². The number of allylic oxidation sites excluding steroid dienone is 6. The Morgan fingerprint density at radius 1 is 1.25 bits per heavy atom. The minimum absolute atomic E-state index is 0.413. The molecule has 0 aromatic rings. The van der Waals surface area contributed by atoms with E-state index in [0.717, 1.165) is 24.2 Å². The van der Waals surface area contributed by atoms with Gasteiger partial charge in [-0.25, -0.2) is 0 Å². The zero-order valence-corrected chi connectivity index (χ0v) is 9.83. The van der Waals surface area contributed by atoms with Crippen molar-refractivity contribution in [3.63, 3.8) is 0 Å². The second-order valence-electron chi connectivity index (χ2n) is 4.18. The van der Waals surface area contributed by atoms with Gasteiger partial charge in [-0.2, -0.15) is 0 Å². The molecule has 1 heterocycles. The Morgan fingerprint density at radius 2 is 2.19 bits per heavy atom. The van der Waals surface area contributed by atoms with Gasteiger partial charge in [0, 0.05) is 10.7 Å². The summed E-state index contributed by atoms with van der Waals surface area (Å²) in [4.78, 5) is 1.34. The van der Waals surface area contributed by atoms with Crippen LogP contribution in [0.5, 0.6) is 0 Å². The van der Waals surface area contributed by atoms with Gasteiger partial charge in [-0.1, -0.05) is 30.4 Å². The molecule has 1 nitrogen and oxygen atoms in total. The van der Waals surface area contributed by atoms with Crippen molar-refractivity contribution in [2.75, 3.05) is 5.75 Å². The summed E-state index contributed by atoms with van der Waals surface area (Å²) in [6, 6.07) is 0. The Hall–Kier alpha value is -0.990. The molecule has 0 saturated heterocycles. The molecule has 0 bridgehead atoms. The molecule has 3 rings (SSSR count). The Balaban J connectivity index is 2.15. The third kappa shape index (κ3) is 1.62. The first kappa shape index (κ1) is 10.2. The van der Waals surface area contributed by atoms with E-state index in [1.54, 1.807) is 0 Å². The minimum Gasteiger partial charge on any atom is -0.384 e. The zero-order valence-electron chi connectivity index (χ0n) is 9.02. The van der Waals surface area contributed by atoms with E-state index in [1.807, 2.05) is 23.9 Å². The van der Waals surface area contributed by atoms with Gasteiger partial charge in [0.2, 0.25) is 0 Å². The lowest BCUT2D eigenvalue weighted by molar-refractivity contribution is 0.258. The fraction of sp³-hybridized carbons (Fsp3) is 0.286. The van der Waals surface area contributed by atoms with Gasteiger partial charge in [-0.15, -0.1) is 11.8 Å². The second-order valence-corrected chi connectivity index (χ2v) is 5.31. The summed E-state index contributed by atoms with van der Waals surface area (Å²) >= 11 is 1.91. The van der Waals surface area contributed by atoms with Gasteiger partial charge >= 0.3 is 0 Å². The van der Waals surface area contributed by atoms with E-state index in [4.69, 9.17) is 0 Å². The molecule has 1 N–H and O–H groups in total. The number of fused-ring (bicyclic) bond motifs is 2. The summed E-state index contributed by atoms with van der Waals surface area (Å²) in [5.74, 6) is 1.11. The van der Waals surface area contributed by atoms with Crippen molar-refractivity contribution in [2.45, 2.75) is 18.9 Å². The minimum atomic E-state index is -0.413. The van der Waals surface area contributed by atoms with Crippen LogP contribution in [0.1, 0.15) is 12.8 Å². The highest BCUT2D eigenvalue weighted by atomic mass is 32.2. The molecule has 0 spiro atoms. The summed E-state index contributed by atoms with van der Waals surface area (Å²) in [6.07, 6.45) is 14.1. The standard InChI is InChI=1S/C14H14OS/c15-12-6-3-4-10-8-9-16-13-7-2-1-5-11(13)14(10)12/h1-4,6-7,12,15H,5,8-9H2. The Morgan fingerprint density at radius 3 is 3.12 bits per heavy atom. The largest absolute Gasteiger partial charge is 0.384 e. The van der Waals surface area contributed by atoms with Gasteiger partial charge in [0.1, 0.15) is 0 Å². The molecule has 0 amide bonds. The average Bonchev–Trinajstić information content (AvgIpc) is 2.49. The van der Waals surface area contributed by atoms with Crippen LogP contribution in [-0.2, 0) is 0 Å². The maximum atomic E-state index is 10.1. The van der Waals surface area contributed by atoms with E-state index in [0.29, 0.717) is 0 Å². The van der Waals surface area contributed by atoms with Crippen LogP contribution in [0.3, 0.4) is 0 Å². The van der Waals surface area contributed by atoms with Crippen molar-refractivity contribution in [1.29, 1.82) is 0 Å². The number of hydrogen-bond donors (Lipinski definition) is 1. The van der Waals surface area contributed by atoms with Crippen LogP contribution in [-0.4, -0.2) is 17.0 Å². The van der Waals surface area contributed by atoms with Crippen LogP contribution in [0, 0.1) is 0 Å². The van der Waals surface area contributed by atoms with Crippen LogP contribution >= 0.6 is 11.8 Å². The molecule has 16 heavy (non-hydrogen) atoms. The number of thioether (sulfide) groups is 1. The van der Waals surface area contributed by atoms with Gasteiger partial charge in [0.05, 0.1) is 6.10 Å². The fourth-order valence-electron chi connectivity index (χ4n) is 2.43. The average molecular weight is 230 g/mol. The molecule has 1 atom stereocenters. The number of rotatable bonds is 0. The summed E-state index contributed by atoms with van der Waals surface area (Å²) in [5, 5.41) is 10.1. The molecule has 0 fully saturated rings. The quantitative estimate of drug-likeness (QED) is 0.690. The predicted molar refractivity (Wildman–Crippen MR) is 69.2 cm³/mol. The Labute approximate surface area is 99.9 Å². The van der Waals surface area contributed by atoms with Crippen molar-refractivity contribution < 1.29 is 5.11 Å².